The molecule has 2 amide bonds. The molecule has 0 aromatic carbocycles. The van der Waals surface area contributed by atoms with E-state index in [4.69, 9.17) is 9.84 Å². The number of rotatable bonds is 12. The number of esters is 1. The lowest BCUT2D eigenvalue weighted by molar-refractivity contribution is -0.140. The van der Waals surface area contributed by atoms with Gasteiger partial charge in [-0.15, -0.1) is 0 Å². The van der Waals surface area contributed by atoms with Crippen LogP contribution in [0.5, 0.6) is 0 Å². The third-order valence-electron chi connectivity index (χ3n) is 3.38. The first-order chi connectivity index (χ1) is 12.1. The van der Waals surface area contributed by atoms with Gasteiger partial charge in [-0.2, -0.15) is 0 Å². The van der Waals surface area contributed by atoms with Crippen molar-refractivity contribution in [2.45, 2.75) is 47.0 Å². The average Bonchev–Trinajstić information content (AvgIpc) is 2.55. The highest BCUT2D eigenvalue weighted by Gasteiger charge is 2.14. The fourth-order valence-electron chi connectivity index (χ4n) is 1.82. The molecule has 0 aliphatic carbocycles. The van der Waals surface area contributed by atoms with Gasteiger partial charge in [0.05, 0.1) is 6.61 Å². The zero-order valence-electron chi connectivity index (χ0n) is 16.0. The van der Waals surface area contributed by atoms with E-state index in [9.17, 15) is 19.2 Å². The predicted molar refractivity (Wildman–Crippen MR) is 96.2 cm³/mol. The molecule has 0 rings (SSSR count). The molecule has 26 heavy (non-hydrogen) atoms. The van der Waals surface area contributed by atoms with Crippen molar-refractivity contribution in [3.05, 3.63) is 11.6 Å². The zero-order chi connectivity index (χ0) is 20.1. The van der Waals surface area contributed by atoms with E-state index in [1.165, 1.54) is 0 Å². The van der Waals surface area contributed by atoms with Crippen molar-refractivity contribution in [2.24, 2.45) is 11.8 Å². The Hall–Kier alpha value is -2.38. The summed E-state index contributed by atoms with van der Waals surface area (Å²) >= 11 is 0. The molecule has 0 radical (unpaired) electrons. The van der Waals surface area contributed by atoms with E-state index in [1.54, 1.807) is 27.7 Å². The highest BCUT2D eigenvalue weighted by Crippen LogP contribution is 2.08. The van der Waals surface area contributed by atoms with Crippen LogP contribution >= 0.6 is 0 Å². The van der Waals surface area contributed by atoms with Gasteiger partial charge in [-0.1, -0.05) is 27.7 Å². The van der Waals surface area contributed by atoms with E-state index in [-0.39, 0.29) is 42.3 Å². The fraction of sp³-hybridized carbons (Fsp3) is 0.667. The van der Waals surface area contributed by atoms with Gasteiger partial charge in [0.1, 0.15) is 0 Å². The number of hydrogen-bond acceptors (Lipinski definition) is 5. The lowest BCUT2D eigenvalue weighted by Gasteiger charge is -2.10. The van der Waals surface area contributed by atoms with Gasteiger partial charge < -0.3 is 20.5 Å². The Labute approximate surface area is 154 Å². The van der Waals surface area contributed by atoms with E-state index in [1.807, 2.05) is 0 Å². The number of aliphatic carboxylic acids is 1. The van der Waals surface area contributed by atoms with E-state index in [0.717, 1.165) is 6.08 Å². The molecule has 0 spiro atoms. The number of nitrogens with one attached hydrogen (secondary N) is 2. The number of carbonyl (C=O) groups excluding carboxylic acids is 3. The van der Waals surface area contributed by atoms with Crippen LogP contribution < -0.4 is 10.6 Å². The number of carboxylic acids is 1. The largest absolute Gasteiger partial charge is 0.478 e. The number of amides is 2. The molecule has 8 nitrogen and oxygen atoms in total. The Balaban J connectivity index is 4.26. The highest BCUT2D eigenvalue weighted by molar-refractivity contribution is 5.95. The molecule has 0 saturated carbocycles. The molecule has 0 saturated heterocycles. The number of ether oxygens (including phenoxy) is 1. The molecule has 0 fully saturated rings. The predicted octanol–water partition coefficient (Wildman–Crippen LogP) is 1.26. The molecule has 148 valence electrons. The summed E-state index contributed by atoms with van der Waals surface area (Å²) in [5.41, 5.74) is 0.0440. The SMILES string of the molecule is CC(C)C(=O)NCCCOC(=O)C(=CC(=O)O)CCCNC(=O)C(C)C. The Bertz CT molecular complexity index is 526. The van der Waals surface area contributed by atoms with E-state index < -0.39 is 11.9 Å². The van der Waals surface area contributed by atoms with Crippen LogP contribution in [0.25, 0.3) is 0 Å². The molecular formula is C18H30N2O6. The van der Waals surface area contributed by atoms with Crippen LogP contribution in [0.3, 0.4) is 0 Å². The summed E-state index contributed by atoms with van der Waals surface area (Å²) in [6, 6.07) is 0. The van der Waals surface area contributed by atoms with Crippen LogP contribution in [-0.2, 0) is 23.9 Å². The molecule has 0 aromatic rings. The molecule has 8 heteroatoms. The molecule has 0 bridgehead atoms. The minimum Gasteiger partial charge on any atom is -0.478 e. The topological polar surface area (TPSA) is 122 Å². The first kappa shape index (κ1) is 23.6. The molecular weight excluding hydrogens is 340 g/mol. The maximum absolute atomic E-state index is 12.0. The van der Waals surface area contributed by atoms with Gasteiger partial charge in [0.2, 0.25) is 11.8 Å². The Kier molecular flexibility index (Phi) is 11.7. The van der Waals surface area contributed by atoms with Gasteiger partial charge in [-0.3, -0.25) is 9.59 Å². The summed E-state index contributed by atoms with van der Waals surface area (Å²) in [6.07, 6.45) is 1.88. The van der Waals surface area contributed by atoms with Gasteiger partial charge >= 0.3 is 11.9 Å². The maximum Gasteiger partial charge on any atom is 0.334 e. The zero-order valence-corrected chi connectivity index (χ0v) is 16.0. The Morgan fingerprint density at radius 3 is 1.88 bits per heavy atom. The van der Waals surface area contributed by atoms with Gasteiger partial charge in [0.15, 0.2) is 0 Å². The average molecular weight is 370 g/mol. The van der Waals surface area contributed by atoms with Crippen LogP contribution in [-0.4, -0.2) is 48.6 Å². The molecule has 0 heterocycles. The molecule has 0 aliphatic rings. The van der Waals surface area contributed by atoms with Crippen LogP contribution in [0, 0.1) is 11.8 Å². The molecule has 0 unspecified atom stereocenters. The van der Waals surface area contributed by atoms with Crippen LogP contribution in [0.4, 0.5) is 0 Å². The molecule has 3 N–H and O–H groups in total. The normalized spacial score (nSPS) is 11.4. The molecule has 0 atom stereocenters. The first-order valence-electron chi connectivity index (χ1n) is 8.81. The van der Waals surface area contributed by atoms with Crippen molar-refractivity contribution in [1.82, 2.24) is 10.6 Å². The van der Waals surface area contributed by atoms with Gasteiger partial charge in [-0.25, -0.2) is 9.59 Å². The van der Waals surface area contributed by atoms with E-state index in [0.29, 0.717) is 25.9 Å². The summed E-state index contributed by atoms with van der Waals surface area (Å²) in [5.74, 6) is -2.35. The Morgan fingerprint density at radius 1 is 0.923 bits per heavy atom. The van der Waals surface area contributed by atoms with Crippen LogP contribution in [0.15, 0.2) is 11.6 Å². The fourth-order valence-corrected chi connectivity index (χ4v) is 1.82. The first-order valence-corrected chi connectivity index (χ1v) is 8.81. The number of carboxylic acid groups (broad SMARTS) is 1. The van der Waals surface area contributed by atoms with Crippen molar-refractivity contribution in [2.75, 3.05) is 19.7 Å². The van der Waals surface area contributed by atoms with Crippen molar-refractivity contribution in [1.29, 1.82) is 0 Å². The maximum atomic E-state index is 12.0. The van der Waals surface area contributed by atoms with Crippen molar-refractivity contribution in [3.63, 3.8) is 0 Å². The Morgan fingerprint density at radius 2 is 1.42 bits per heavy atom. The molecule has 0 aromatic heterocycles. The van der Waals surface area contributed by atoms with Crippen LogP contribution in [0.2, 0.25) is 0 Å². The monoisotopic (exact) mass is 370 g/mol. The number of carbonyl (C=O) groups is 4. The minimum absolute atomic E-state index is 0.0440. The summed E-state index contributed by atoms with van der Waals surface area (Å²) < 4.78 is 5.05. The second kappa shape index (κ2) is 12.9. The third kappa shape index (κ3) is 11.2. The summed E-state index contributed by atoms with van der Waals surface area (Å²) in [7, 11) is 0. The second-order valence-corrected chi connectivity index (χ2v) is 6.49. The smallest absolute Gasteiger partial charge is 0.334 e. The van der Waals surface area contributed by atoms with E-state index in [2.05, 4.69) is 10.6 Å². The highest BCUT2D eigenvalue weighted by atomic mass is 16.5. The lowest BCUT2D eigenvalue weighted by Crippen LogP contribution is -2.29. The summed E-state index contributed by atoms with van der Waals surface area (Å²) in [4.78, 5) is 45.7. The van der Waals surface area contributed by atoms with Crippen molar-refractivity contribution in [3.8, 4) is 0 Å². The molecule has 0 aliphatic heterocycles. The third-order valence-corrected chi connectivity index (χ3v) is 3.38. The minimum atomic E-state index is -1.23. The lowest BCUT2D eigenvalue weighted by atomic mass is 10.1. The van der Waals surface area contributed by atoms with Crippen molar-refractivity contribution >= 4 is 23.8 Å². The summed E-state index contributed by atoms with van der Waals surface area (Å²) in [6.45, 7) is 7.91. The number of hydrogen-bond donors (Lipinski definition) is 3. The quantitative estimate of drug-likeness (QED) is 0.270. The van der Waals surface area contributed by atoms with Gasteiger partial charge in [0, 0.05) is 36.6 Å². The van der Waals surface area contributed by atoms with Gasteiger partial charge in [0.25, 0.3) is 0 Å². The van der Waals surface area contributed by atoms with Gasteiger partial charge in [-0.05, 0) is 19.3 Å². The van der Waals surface area contributed by atoms with Crippen molar-refractivity contribution < 1.29 is 29.0 Å². The second-order valence-electron chi connectivity index (χ2n) is 6.49. The summed E-state index contributed by atoms with van der Waals surface area (Å²) in [5, 5.41) is 14.3. The van der Waals surface area contributed by atoms with Crippen LogP contribution in [0.1, 0.15) is 47.0 Å². The standard InChI is InChI=1S/C18H30N2O6/c1-12(2)16(23)19-8-5-7-14(11-15(21)22)18(25)26-10-6-9-20-17(24)13(3)4/h11-13H,5-10H2,1-4H3,(H,19,23)(H,20,24)(H,21,22). The van der Waals surface area contributed by atoms with E-state index >= 15 is 0 Å².